The highest BCUT2D eigenvalue weighted by atomic mass is 16.6. The van der Waals surface area contributed by atoms with Crippen LogP contribution in [-0.4, -0.2) is 23.4 Å². The van der Waals surface area contributed by atoms with E-state index in [1.54, 1.807) is 6.07 Å². The maximum atomic E-state index is 12.3. The Morgan fingerprint density at radius 3 is 2.70 bits per heavy atom. The molecular formula is C14H19N3O3. The Morgan fingerprint density at radius 1 is 1.40 bits per heavy atom. The summed E-state index contributed by atoms with van der Waals surface area (Å²) >= 11 is 0. The van der Waals surface area contributed by atoms with Gasteiger partial charge in [-0.05, 0) is 25.8 Å². The summed E-state index contributed by atoms with van der Waals surface area (Å²) in [6, 6.07) is 4.52. The van der Waals surface area contributed by atoms with Crippen molar-refractivity contribution in [1.29, 1.82) is 0 Å². The number of rotatable bonds is 5. The van der Waals surface area contributed by atoms with Gasteiger partial charge in [0.25, 0.3) is 11.6 Å². The molecule has 1 aliphatic carbocycles. The van der Waals surface area contributed by atoms with Crippen LogP contribution in [0.5, 0.6) is 0 Å². The maximum absolute atomic E-state index is 12.3. The van der Waals surface area contributed by atoms with Crippen LogP contribution in [0.3, 0.4) is 0 Å². The van der Waals surface area contributed by atoms with E-state index >= 15 is 0 Å². The molecule has 1 aromatic rings. The zero-order chi connectivity index (χ0) is 14.5. The highest BCUT2D eigenvalue weighted by Crippen LogP contribution is 2.24. The Labute approximate surface area is 117 Å². The molecule has 2 rings (SSSR count). The quantitative estimate of drug-likeness (QED) is 0.640. The average Bonchev–Trinajstić information content (AvgIpc) is 2.92. The highest BCUT2D eigenvalue weighted by Gasteiger charge is 2.21. The van der Waals surface area contributed by atoms with Crippen molar-refractivity contribution >= 4 is 17.3 Å². The number of benzene rings is 1. The molecule has 6 nitrogen and oxygen atoms in total. The van der Waals surface area contributed by atoms with Crippen LogP contribution in [-0.2, 0) is 0 Å². The monoisotopic (exact) mass is 277 g/mol. The maximum Gasteiger partial charge on any atom is 0.270 e. The van der Waals surface area contributed by atoms with Crippen molar-refractivity contribution < 1.29 is 9.72 Å². The van der Waals surface area contributed by atoms with Crippen molar-refractivity contribution in [2.75, 3.05) is 11.9 Å². The first kappa shape index (κ1) is 14.3. The Balaban J connectivity index is 2.23. The number of nitro groups is 1. The predicted molar refractivity (Wildman–Crippen MR) is 77.0 cm³/mol. The van der Waals surface area contributed by atoms with Crippen LogP contribution in [0.15, 0.2) is 18.2 Å². The van der Waals surface area contributed by atoms with Gasteiger partial charge in [0, 0.05) is 30.4 Å². The van der Waals surface area contributed by atoms with Crippen LogP contribution in [0.2, 0.25) is 0 Å². The van der Waals surface area contributed by atoms with Gasteiger partial charge >= 0.3 is 0 Å². The average molecular weight is 277 g/mol. The number of nitrogens with zero attached hydrogens (tertiary/aromatic N) is 1. The second kappa shape index (κ2) is 6.36. The number of nitrogens with one attached hydrogen (secondary N) is 2. The van der Waals surface area contributed by atoms with Gasteiger partial charge in [0.2, 0.25) is 0 Å². The molecule has 0 atom stereocenters. The minimum absolute atomic E-state index is 0.0665. The van der Waals surface area contributed by atoms with Gasteiger partial charge in [-0.3, -0.25) is 14.9 Å². The molecule has 6 heteroatoms. The summed E-state index contributed by atoms with van der Waals surface area (Å²) in [7, 11) is 0. The van der Waals surface area contributed by atoms with Crippen LogP contribution >= 0.6 is 0 Å². The van der Waals surface area contributed by atoms with Gasteiger partial charge in [0.05, 0.1) is 10.5 Å². The number of anilines is 1. The molecule has 108 valence electrons. The van der Waals surface area contributed by atoms with Crippen molar-refractivity contribution in [3.8, 4) is 0 Å². The fourth-order valence-corrected chi connectivity index (χ4v) is 2.51. The summed E-state index contributed by atoms with van der Waals surface area (Å²) in [4.78, 5) is 22.7. The molecule has 0 aromatic heterocycles. The first-order valence-electron chi connectivity index (χ1n) is 6.95. The predicted octanol–water partition coefficient (Wildman–Crippen LogP) is 2.70. The zero-order valence-corrected chi connectivity index (χ0v) is 11.5. The van der Waals surface area contributed by atoms with E-state index in [0.717, 1.165) is 25.7 Å². The van der Waals surface area contributed by atoms with Gasteiger partial charge in [-0.25, -0.2) is 0 Å². The molecule has 0 unspecified atom stereocenters. The first-order chi connectivity index (χ1) is 9.61. The minimum atomic E-state index is -0.484. The van der Waals surface area contributed by atoms with Crippen molar-refractivity contribution in [1.82, 2.24) is 5.32 Å². The van der Waals surface area contributed by atoms with E-state index < -0.39 is 4.92 Å². The number of nitro benzene ring substituents is 1. The number of amides is 1. The molecule has 0 saturated heterocycles. The fourth-order valence-electron chi connectivity index (χ4n) is 2.51. The topological polar surface area (TPSA) is 84.3 Å². The Hall–Kier alpha value is -2.11. The van der Waals surface area contributed by atoms with Crippen LogP contribution in [0, 0.1) is 10.1 Å². The third kappa shape index (κ3) is 3.26. The molecule has 0 bridgehead atoms. The summed E-state index contributed by atoms with van der Waals surface area (Å²) in [5.74, 6) is -0.239. The lowest BCUT2D eigenvalue weighted by molar-refractivity contribution is -0.384. The van der Waals surface area contributed by atoms with Crippen LogP contribution in [0.1, 0.15) is 43.0 Å². The molecule has 2 N–H and O–H groups in total. The van der Waals surface area contributed by atoms with E-state index in [2.05, 4.69) is 10.6 Å². The second-order valence-corrected chi connectivity index (χ2v) is 4.97. The molecular weight excluding hydrogens is 258 g/mol. The number of non-ortho nitro benzene ring substituents is 1. The number of carbonyl (C=O) groups is 1. The summed E-state index contributed by atoms with van der Waals surface area (Å²) < 4.78 is 0. The molecule has 20 heavy (non-hydrogen) atoms. The Bertz CT molecular complexity index is 510. The first-order valence-corrected chi connectivity index (χ1v) is 6.95. The molecule has 0 radical (unpaired) electrons. The Kier molecular flexibility index (Phi) is 4.55. The molecule has 1 aliphatic rings. The molecule has 0 aliphatic heterocycles. The molecule has 0 spiro atoms. The van der Waals surface area contributed by atoms with Gasteiger partial charge < -0.3 is 10.6 Å². The highest BCUT2D eigenvalue weighted by molar-refractivity contribution is 6.00. The summed E-state index contributed by atoms with van der Waals surface area (Å²) in [6.45, 7) is 2.57. The summed E-state index contributed by atoms with van der Waals surface area (Å²) in [6.07, 6.45) is 4.22. The van der Waals surface area contributed by atoms with Crippen molar-refractivity contribution in [3.63, 3.8) is 0 Å². The van der Waals surface area contributed by atoms with Gasteiger partial charge in [-0.15, -0.1) is 0 Å². The van der Waals surface area contributed by atoms with E-state index in [4.69, 9.17) is 0 Å². The van der Waals surface area contributed by atoms with Gasteiger partial charge in [-0.1, -0.05) is 12.8 Å². The molecule has 1 saturated carbocycles. The van der Waals surface area contributed by atoms with Crippen molar-refractivity contribution in [3.05, 3.63) is 33.9 Å². The van der Waals surface area contributed by atoms with E-state index in [9.17, 15) is 14.9 Å². The zero-order valence-electron chi connectivity index (χ0n) is 11.5. The van der Waals surface area contributed by atoms with Crippen molar-refractivity contribution in [2.24, 2.45) is 0 Å². The van der Waals surface area contributed by atoms with E-state index in [1.807, 2.05) is 6.92 Å². The molecule has 1 aromatic carbocycles. The van der Waals surface area contributed by atoms with Crippen LogP contribution in [0.25, 0.3) is 0 Å². The number of hydrogen-bond acceptors (Lipinski definition) is 4. The minimum Gasteiger partial charge on any atom is -0.385 e. The summed E-state index contributed by atoms with van der Waals surface area (Å²) in [5, 5.41) is 16.9. The van der Waals surface area contributed by atoms with E-state index in [0.29, 0.717) is 17.8 Å². The molecule has 1 amide bonds. The molecule has 0 heterocycles. The Morgan fingerprint density at radius 2 is 2.10 bits per heavy atom. The van der Waals surface area contributed by atoms with Gasteiger partial charge in [-0.2, -0.15) is 0 Å². The number of carbonyl (C=O) groups excluding carboxylic acids is 1. The van der Waals surface area contributed by atoms with Crippen LogP contribution in [0.4, 0.5) is 11.4 Å². The largest absolute Gasteiger partial charge is 0.385 e. The van der Waals surface area contributed by atoms with Crippen LogP contribution < -0.4 is 10.6 Å². The third-order valence-electron chi connectivity index (χ3n) is 3.52. The van der Waals surface area contributed by atoms with Crippen molar-refractivity contribution in [2.45, 2.75) is 38.6 Å². The van der Waals surface area contributed by atoms with E-state index in [-0.39, 0.29) is 17.6 Å². The van der Waals surface area contributed by atoms with Gasteiger partial charge in [0.15, 0.2) is 0 Å². The lowest BCUT2D eigenvalue weighted by Crippen LogP contribution is -2.33. The standard InChI is InChI=1S/C14H19N3O3/c1-2-15-13-8-7-11(17(19)20)9-12(13)14(18)16-10-5-3-4-6-10/h7-10,15H,2-6H2,1H3,(H,16,18). The second-order valence-electron chi connectivity index (χ2n) is 4.97. The fraction of sp³-hybridized carbons (Fsp3) is 0.500. The summed E-state index contributed by atoms with van der Waals surface area (Å²) in [5.41, 5.74) is 0.907. The molecule has 1 fully saturated rings. The van der Waals surface area contributed by atoms with E-state index in [1.165, 1.54) is 12.1 Å². The van der Waals surface area contributed by atoms with Gasteiger partial charge in [0.1, 0.15) is 0 Å². The third-order valence-corrected chi connectivity index (χ3v) is 3.52. The lowest BCUT2D eigenvalue weighted by atomic mass is 10.1. The normalized spacial score (nSPS) is 15.1. The smallest absolute Gasteiger partial charge is 0.270 e. The SMILES string of the molecule is CCNc1ccc([N+](=O)[O-])cc1C(=O)NC1CCCC1. The number of hydrogen-bond donors (Lipinski definition) is 2. The lowest BCUT2D eigenvalue weighted by Gasteiger charge is -2.14.